The zero-order chi connectivity index (χ0) is 26.1. The molecule has 6 rings (SSSR count). The quantitative estimate of drug-likeness (QED) is 0.410. The van der Waals surface area contributed by atoms with Crippen molar-refractivity contribution in [3.05, 3.63) is 89.5 Å². The second-order valence-corrected chi connectivity index (χ2v) is 10.3. The summed E-state index contributed by atoms with van der Waals surface area (Å²) in [6, 6.07) is 20.0. The third-order valence-electron chi connectivity index (χ3n) is 7.84. The van der Waals surface area contributed by atoms with Crippen molar-refractivity contribution in [3.8, 4) is 0 Å². The number of anilines is 1. The van der Waals surface area contributed by atoms with E-state index in [2.05, 4.69) is 45.0 Å². The fourth-order valence-corrected chi connectivity index (χ4v) is 5.65. The number of fused-ring (bicyclic) bond motifs is 2. The molecule has 2 aromatic heterocycles. The lowest BCUT2D eigenvalue weighted by Crippen LogP contribution is -2.44. The van der Waals surface area contributed by atoms with E-state index in [9.17, 15) is 4.79 Å². The number of hydrogen-bond acceptors (Lipinski definition) is 6. The van der Waals surface area contributed by atoms with Crippen LogP contribution < -0.4 is 4.90 Å². The number of nitrogens with zero attached hydrogens (tertiary/aromatic N) is 5. The summed E-state index contributed by atoms with van der Waals surface area (Å²) in [5, 5.41) is 0. The van der Waals surface area contributed by atoms with Crippen molar-refractivity contribution in [3.63, 3.8) is 0 Å². The van der Waals surface area contributed by atoms with Crippen LogP contribution >= 0.6 is 0 Å². The first kappa shape index (κ1) is 24.4. The lowest BCUT2D eigenvalue weighted by atomic mass is 9.91. The normalized spacial score (nSPS) is 18.7. The highest BCUT2D eigenvalue weighted by molar-refractivity contribution is 5.89. The molecular weight excluding hydrogens is 476 g/mol. The number of para-hydroxylation sites is 1. The number of rotatable bonds is 5. The number of ether oxygens (including phenoxy) is 1. The molecule has 0 spiro atoms. The van der Waals surface area contributed by atoms with Crippen LogP contribution in [0, 0.1) is 0 Å². The maximum Gasteiger partial charge on any atom is 0.411 e. The topological polar surface area (TPSA) is 77.6 Å². The van der Waals surface area contributed by atoms with Crippen LogP contribution in [0.3, 0.4) is 0 Å². The highest BCUT2D eigenvalue weighted by Gasteiger charge is 2.32. The number of aromatic amines is 1. The van der Waals surface area contributed by atoms with Crippen molar-refractivity contribution in [2.45, 2.75) is 31.4 Å². The second kappa shape index (κ2) is 10.5. The van der Waals surface area contributed by atoms with Gasteiger partial charge in [-0.1, -0.05) is 42.5 Å². The van der Waals surface area contributed by atoms with Crippen LogP contribution in [0.1, 0.15) is 47.6 Å². The summed E-state index contributed by atoms with van der Waals surface area (Å²) in [7, 11) is 3.96. The summed E-state index contributed by atoms with van der Waals surface area (Å²) in [6.45, 7) is 3.94. The molecular formula is C30H34N6O2. The Bertz CT molecular complexity index is 1410. The highest BCUT2D eigenvalue weighted by Crippen LogP contribution is 2.35. The molecule has 1 N–H and O–H groups in total. The monoisotopic (exact) mass is 510 g/mol. The van der Waals surface area contributed by atoms with Gasteiger partial charge < -0.3 is 24.4 Å². The average Bonchev–Trinajstić information content (AvgIpc) is 3.40. The standard InChI is InChI=1S/C30H34N6O2/c1-34-17-19-36(20-18-34)25-15-7-13-23-27(25)33-29(32-23)28(22-9-4-3-5-10-22)38-30(37)35(2)24-14-6-11-21-12-8-16-31-26(21)24/h3-5,7-10,12-13,15-16,24,28H,6,11,14,17-20H2,1-2H3,(H,32,33)/t24?,28-/m1/s1. The molecule has 3 heterocycles. The molecule has 1 unspecified atom stereocenters. The average molecular weight is 511 g/mol. The van der Waals surface area contributed by atoms with E-state index in [4.69, 9.17) is 9.72 Å². The zero-order valence-corrected chi connectivity index (χ0v) is 22.0. The summed E-state index contributed by atoms with van der Waals surface area (Å²) in [6.07, 6.45) is 3.62. The number of imidazole rings is 1. The Kier molecular flexibility index (Phi) is 6.72. The molecule has 8 heteroatoms. The predicted molar refractivity (Wildman–Crippen MR) is 148 cm³/mol. The lowest BCUT2D eigenvalue weighted by molar-refractivity contribution is 0.0667. The molecule has 1 aliphatic carbocycles. The van der Waals surface area contributed by atoms with Crippen LogP contribution in [0.5, 0.6) is 0 Å². The van der Waals surface area contributed by atoms with Gasteiger partial charge in [0.15, 0.2) is 11.9 Å². The number of H-pyrrole nitrogens is 1. The fraction of sp³-hybridized carbons (Fsp3) is 0.367. The van der Waals surface area contributed by atoms with Gasteiger partial charge in [0, 0.05) is 45.0 Å². The minimum absolute atomic E-state index is 0.108. The molecule has 2 aliphatic rings. The van der Waals surface area contributed by atoms with E-state index < -0.39 is 6.10 Å². The van der Waals surface area contributed by atoms with Gasteiger partial charge in [-0.3, -0.25) is 4.98 Å². The van der Waals surface area contributed by atoms with Crippen molar-refractivity contribution in [2.75, 3.05) is 45.2 Å². The number of hydrogen-bond donors (Lipinski definition) is 1. The number of piperazine rings is 1. The first-order chi connectivity index (χ1) is 18.6. The summed E-state index contributed by atoms with van der Waals surface area (Å²) in [5.74, 6) is 0.622. The number of benzene rings is 2. The third-order valence-corrected chi connectivity index (χ3v) is 7.84. The molecule has 1 fully saturated rings. The molecule has 1 aliphatic heterocycles. The van der Waals surface area contributed by atoms with Crippen molar-refractivity contribution < 1.29 is 9.53 Å². The molecule has 8 nitrogen and oxygen atoms in total. The highest BCUT2D eigenvalue weighted by atomic mass is 16.6. The van der Waals surface area contributed by atoms with E-state index in [0.29, 0.717) is 5.82 Å². The Labute approximate surface area is 223 Å². The Hall–Kier alpha value is -3.91. The number of amides is 1. The first-order valence-electron chi connectivity index (χ1n) is 13.4. The summed E-state index contributed by atoms with van der Waals surface area (Å²) < 4.78 is 6.23. The Morgan fingerprint density at radius 3 is 2.68 bits per heavy atom. The number of pyridine rings is 1. The van der Waals surface area contributed by atoms with Crippen LogP contribution in [0.15, 0.2) is 66.9 Å². The molecule has 0 bridgehead atoms. The van der Waals surface area contributed by atoms with Gasteiger partial charge in [0.1, 0.15) is 5.52 Å². The van der Waals surface area contributed by atoms with Gasteiger partial charge in [-0.25, -0.2) is 9.78 Å². The van der Waals surface area contributed by atoms with Crippen LogP contribution in [0.2, 0.25) is 0 Å². The van der Waals surface area contributed by atoms with Gasteiger partial charge >= 0.3 is 6.09 Å². The van der Waals surface area contributed by atoms with Crippen LogP contribution in [0.25, 0.3) is 11.0 Å². The van der Waals surface area contributed by atoms with Gasteiger partial charge in [-0.05, 0) is 50.1 Å². The maximum absolute atomic E-state index is 13.6. The fourth-order valence-electron chi connectivity index (χ4n) is 5.65. The smallest absolute Gasteiger partial charge is 0.411 e. The van der Waals surface area contributed by atoms with E-state index >= 15 is 0 Å². The minimum atomic E-state index is -0.661. The van der Waals surface area contributed by atoms with Crippen LogP contribution in [-0.2, 0) is 11.2 Å². The summed E-state index contributed by atoms with van der Waals surface area (Å²) >= 11 is 0. The van der Waals surface area contributed by atoms with Crippen molar-refractivity contribution in [1.29, 1.82) is 0 Å². The molecule has 1 amide bonds. The van der Waals surface area contributed by atoms with Crippen molar-refractivity contribution in [1.82, 2.24) is 24.8 Å². The molecule has 196 valence electrons. The molecule has 2 atom stereocenters. The molecule has 2 aromatic carbocycles. The summed E-state index contributed by atoms with van der Waals surface area (Å²) in [5.41, 5.74) is 6.00. The molecule has 0 radical (unpaired) electrons. The summed E-state index contributed by atoms with van der Waals surface area (Å²) in [4.78, 5) is 33.1. The van der Waals surface area contributed by atoms with Gasteiger partial charge in [-0.2, -0.15) is 0 Å². The zero-order valence-electron chi connectivity index (χ0n) is 22.0. The van der Waals surface area contributed by atoms with Gasteiger partial charge in [-0.15, -0.1) is 0 Å². The van der Waals surface area contributed by atoms with Crippen molar-refractivity contribution >= 4 is 22.8 Å². The van der Waals surface area contributed by atoms with E-state index in [1.165, 1.54) is 5.56 Å². The van der Waals surface area contributed by atoms with E-state index in [1.54, 1.807) is 11.1 Å². The van der Waals surface area contributed by atoms with Crippen LogP contribution in [-0.4, -0.2) is 71.1 Å². The third kappa shape index (κ3) is 4.72. The minimum Gasteiger partial charge on any atom is -0.433 e. The number of aromatic nitrogens is 3. The SMILES string of the molecule is CN1CCN(c2cccc3[nH]c([C@H](OC(=O)N(C)C4CCCc5cccnc54)c4ccccc4)nc23)CC1. The number of carbonyl (C=O) groups is 1. The number of carbonyl (C=O) groups excluding carboxylic acids is 1. The lowest BCUT2D eigenvalue weighted by Gasteiger charge is -2.34. The molecule has 4 aromatic rings. The van der Waals surface area contributed by atoms with Gasteiger partial charge in [0.2, 0.25) is 0 Å². The Morgan fingerprint density at radius 1 is 1.05 bits per heavy atom. The molecule has 0 saturated carbocycles. The number of likely N-dealkylation sites (N-methyl/N-ethyl adjacent to an activating group) is 1. The predicted octanol–water partition coefficient (Wildman–Crippen LogP) is 4.95. The molecule has 1 saturated heterocycles. The van der Waals surface area contributed by atoms with E-state index in [-0.39, 0.29) is 12.1 Å². The Balaban J connectivity index is 1.31. The number of nitrogens with one attached hydrogen (secondary N) is 1. The molecule has 38 heavy (non-hydrogen) atoms. The second-order valence-electron chi connectivity index (χ2n) is 10.3. The van der Waals surface area contributed by atoms with Crippen molar-refractivity contribution in [2.24, 2.45) is 0 Å². The van der Waals surface area contributed by atoms with Gasteiger partial charge in [0.05, 0.1) is 22.9 Å². The number of aryl methyl sites for hydroxylation is 1. The Morgan fingerprint density at radius 2 is 1.87 bits per heavy atom. The first-order valence-corrected chi connectivity index (χ1v) is 13.4. The van der Waals surface area contributed by atoms with E-state index in [0.717, 1.165) is 73.4 Å². The van der Waals surface area contributed by atoms with Crippen LogP contribution in [0.4, 0.5) is 10.5 Å². The van der Waals surface area contributed by atoms with E-state index in [1.807, 2.05) is 49.5 Å². The van der Waals surface area contributed by atoms with Gasteiger partial charge in [0.25, 0.3) is 0 Å². The maximum atomic E-state index is 13.6. The largest absolute Gasteiger partial charge is 0.433 e.